The minimum Gasteiger partial charge on any atom is -0.501 e. The van der Waals surface area contributed by atoms with Gasteiger partial charge < -0.3 is 5.11 Å². The van der Waals surface area contributed by atoms with Gasteiger partial charge in [-0.05, 0) is 37.0 Å². The van der Waals surface area contributed by atoms with E-state index in [0.29, 0.717) is 12.8 Å². The Labute approximate surface area is 179 Å². The summed E-state index contributed by atoms with van der Waals surface area (Å²) in [6.45, 7) is 0.260. The third-order valence-electron chi connectivity index (χ3n) is 5.38. The fourth-order valence-corrected chi connectivity index (χ4v) is 4.91. The van der Waals surface area contributed by atoms with Crippen LogP contribution in [0, 0.1) is 5.82 Å². The van der Waals surface area contributed by atoms with Crippen molar-refractivity contribution in [1.29, 1.82) is 0 Å². The summed E-state index contributed by atoms with van der Waals surface area (Å²) in [4.78, 5) is 29.6. The molecule has 11 heteroatoms. The van der Waals surface area contributed by atoms with Crippen LogP contribution in [0.3, 0.4) is 0 Å². The zero-order valence-electron chi connectivity index (χ0n) is 17.6. The second-order valence-electron chi connectivity index (χ2n) is 7.64. The fraction of sp³-hybridized carbons (Fsp3) is 0.450. The van der Waals surface area contributed by atoms with Gasteiger partial charge in [-0.25, -0.2) is 9.37 Å². The van der Waals surface area contributed by atoms with Crippen LogP contribution >= 0.6 is 0 Å². The molecule has 1 aliphatic heterocycles. The number of benzene rings is 1. The molecule has 1 atom stereocenters. The first-order valence-electron chi connectivity index (χ1n) is 9.81. The zero-order chi connectivity index (χ0) is 22.9. The Balaban J connectivity index is 1.94. The molecule has 2 heterocycles. The van der Waals surface area contributed by atoms with Crippen LogP contribution in [-0.4, -0.2) is 58.1 Å². The third-order valence-corrected chi connectivity index (χ3v) is 7.33. The van der Waals surface area contributed by atoms with Crippen molar-refractivity contribution in [3.63, 3.8) is 0 Å². The van der Waals surface area contributed by atoms with Gasteiger partial charge in [0.15, 0.2) is 11.5 Å². The molecule has 3 rings (SSSR count). The highest BCUT2D eigenvalue weighted by molar-refractivity contribution is 7.86. The molecular formula is C20H25FN4O5S. The molecule has 0 aliphatic carbocycles. The summed E-state index contributed by atoms with van der Waals surface area (Å²) in [6.07, 6.45) is 1.22. The average Bonchev–Trinajstić information content (AvgIpc) is 3.22. The quantitative estimate of drug-likeness (QED) is 0.635. The maximum atomic E-state index is 13.0. The number of rotatable bonds is 7. The van der Waals surface area contributed by atoms with Crippen LogP contribution in [0.15, 0.2) is 29.1 Å². The minimum absolute atomic E-state index is 0.0524. The average molecular weight is 453 g/mol. The van der Waals surface area contributed by atoms with Crippen molar-refractivity contribution in [1.82, 2.24) is 18.2 Å². The highest BCUT2D eigenvalue weighted by Gasteiger charge is 2.39. The lowest BCUT2D eigenvalue weighted by atomic mass is 10.1. The van der Waals surface area contributed by atoms with Gasteiger partial charge in [0.2, 0.25) is 5.75 Å². The number of aryl methyl sites for hydroxylation is 1. The molecule has 1 fully saturated rings. The van der Waals surface area contributed by atoms with Gasteiger partial charge in [-0.1, -0.05) is 12.1 Å². The largest absolute Gasteiger partial charge is 0.501 e. The van der Waals surface area contributed by atoms with Crippen LogP contribution in [0.25, 0.3) is 0 Å². The van der Waals surface area contributed by atoms with E-state index in [9.17, 15) is 27.5 Å². The summed E-state index contributed by atoms with van der Waals surface area (Å²) in [5.74, 6) is -1.61. The van der Waals surface area contributed by atoms with E-state index in [4.69, 9.17) is 0 Å². The van der Waals surface area contributed by atoms with E-state index >= 15 is 0 Å². The van der Waals surface area contributed by atoms with Crippen LogP contribution < -0.4 is 5.56 Å². The van der Waals surface area contributed by atoms with Gasteiger partial charge in [-0.3, -0.25) is 14.2 Å². The molecule has 0 saturated carbocycles. The molecule has 0 radical (unpaired) electrons. The number of aromatic hydroxyl groups is 1. The van der Waals surface area contributed by atoms with Crippen molar-refractivity contribution in [2.45, 2.75) is 31.7 Å². The van der Waals surface area contributed by atoms with E-state index in [1.165, 1.54) is 37.6 Å². The molecule has 1 saturated heterocycles. The monoisotopic (exact) mass is 452 g/mol. The molecule has 0 bridgehead atoms. The number of carbonyl (C=O) groups excluding carboxylic acids is 1. The first kappa shape index (κ1) is 23.0. The Kier molecular flexibility index (Phi) is 6.58. The number of halogens is 1. The number of hydrogen-bond donors (Lipinski definition) is 1. The molecular weight excluding hydrogens is 427 g/mol. The summed E-state index contributed by atoms with van der Waals surface area (Å²) < 4.78 is 41.8. The van der Waals surface area contributed by atoms with Gasteiger partial charge in [0.1, 0.15) is 11.6 Å². The standard InChI is InChI=1S/C20H25FN4O5S/c1-23(2)31(29,30)25-12-4-5-15(25)19-22-17(18(27)20(28)24(19)3)16(26)11-8-13-6-9-14(21)10-7-13/h6-7,9-10,15,27H,4-5,8,11-12H2,1-3H3. The van der Waals surface area contributed by atoms with Crippen LogP contribution in [0.1, 0.15) is 47.2 Å². The molecule has 31 heavy (non-hydrogen) atoms. The summed E-state index contributed by atoms with van der Waals surface area (Å²) in [5, 5.41) is 10.3. The Morgan fingerprint density at radius 3 is 2.55 bits per heavy atom. The lowest BCUT2D eigenvalue weighted by molar-refractivity contribution is 0.0973. The highest BCUT2D eigenvalue weighted by Crippen LogP contribution is 2.34. The van der Waals surface area contributed by atoms with Gasteiger partial charge in [-0.2, -0.15) is 17.0 Å². The summed E-state index contributed by atoms with van der Waals surface area (Å²) >= 11 is 0. The van der Waals surface area contributed by atoms with E-state index in [0.717, 1.165) is 14.4 Å². The van der Waals surface area contributed by atoms with Gasteiger partial charge in [0, 0.05) is 34.1 Å². The van der Waals surface area contributed by atoms with Crippen molar-refractivity contribution >= 4 is 16.0 Å². The molecule has 1 aliphatic rings. The van der Waals surface area contributed by atoms with Crippen LogP contribution in [-0.2, 0) is 23.7 Å². The predicted molar refractivity (Wildman–Crippen MR) is 111 cm³/mol. The predicted octanol–water partition coefficient (Wildman–Crippen LogP) is 1.38. The minimum atomic E-state index is -3.76. The van der Waals surface area contributed by atoms with Crippen molar-refractivity contribution < 1.29 is 22.7 Å². The van der Waals surface area contributed by atoms with Crippen LogP contribution in [0.5, 0.6) is 5.75 Å². The van der Waals surface area contributed by atoms with Crippen molar-refractivity contribution in [3.8, 4) is 5.75 Å². The maximum absolute atomic E-state index is 13.0. The molecule has 0 amide bonds. The Hall–Kier alpha value is -2.63. The number of ketones is 1. The summed E-state index contributed by atoms with van der Waals surface area (Å²) in [5.41, 5.74) is -0.476. The molecule has 1 aromatic heterocycles. The zero-order valence-corrected chi connectivity index (χ0v) is 18.4. The highest BCUT2D eigenvalue weighted by atomic mass is 32.2. The molecule has 168 valence electrons. The number of nitrogens with zero attached hydrogens (tertiary/aromatic N) is 4. The second kappa shape index (κ2) is 8.85. The van der Waals surface area contributed by atoms with Gasteiger partial charge in [-0.15, -0.1) is 0 Å². The van der Waals surface area contributed by atoms with Crippen LogP contribution in [0.4, 0.5) is 4.39 Å². The number of Topliss-reactive ketones (excluding diaryl/α,β-unsaturated/α-hetero) is 1. The Morgan fingerprint density at radius 2 is 1.94 bits per heavy atom. The van der Waals surface area contributed by atoms with Gasteiger partial charge in [0.25, 0.3) is 15.8 Å². The first-order chi connectivity index (χ1) is 14.5. The van der Waals surface area contributed by atoms with E-state index in [-0.39, 0.29) is 36.7 Å². The van der Waals surface area contributed by atoms with Gasteiger partial charge >= 0.3 is 0 Å². The summed E-state index contributed by atoms with van der Waals surface area (Å²) in [6, 6.07) is 4.94. The van der Waals surface area contributed by atoms with E-state index in [2.05, 4.69) is 4.98 Å². The Bertz CT molecular complexity index is 1150. The van der Waals surface area contributed by atoms with Crippen molar-refractivity contribution in [2.75, 3.05) is 20.6 Å². The smallest absolute Gasteiger partial charge is 0.296 e. The molecule has 1 N–H and O–H groups in total. The normalized spacial score (nSPS) is 17.4. The summed E-state index contributed by atoms with van der Waals surface area (Å²) in [7, 11) is 0.452. The van der Waals surface area contributed by atoms with Gasteiger partial charge in [0.05, 0.1) is 6.04 Å². The molecule has 2 aromatic rings. The molecule has 1 aromatic carbocycles. The molecule has 1 unspecified atom stereocenters. The van der Waals surface area contributed by atoms with E-state index in [1.54, 1.807) is 12.1 Å². The topological polar surface area (TPSA) is 113 Å². The maximum Gasteiger partial charge on any atom is 0.296 e. The lowest BCUT2D eigenvalue weighted by Gasteiger charge is -2.27. The lowest BCUT2D eigenvalue weighted by Crippen LogP contribution is -2.41. The first-order valence-corrected chi connectivity index (χ1v) is 11.2. The SMILES string of the molecule is CN(C)S(=O)(=O)N1CCCC1c1nc(C(=O)CCc2ccc(F)cc2)c(O)c(=O)n1C. The number of carbonyl (C=O) groups is 1. The van der Waals surface area contributed by atoms with Crippen molar-refractivity contribution in [3.05, 3.63) is 57.5 Å². The number of aromatic nitrogens is 2. The van der Waals surface area contributed by atoms with Crippen molar-refractivity contribution in [2.24, 2.45) is 7.05 Å². The van der Waals surface area contributed by atoms with E-state index in [1.807, 2.05) is 0 Å². The van der Waals surface area contributed by atoms with E-state index < -0.39 is 33.3 Å². The molecule has 0 spiro atoms. The molecule has 9 nitrogen and oxygen atoms in total. The fourth-order valence-electron chi connectivity index (χ4n) is 3.61. The van der Waals surface area contributed by atoms with Crippen LogP contribution in [0.2, 0.25) is 0 Å². The second-order valence-corrected chi connectivity index (χ2v) is 9.73. The Morgan fingerprint density at radius 1 is 1.29 bits per heavy atom. The third kappa shape index (κ3) is 4.53. The number of hydrogen-bond acceptors (Lipinski definition) is 6.